The van der Waals surface area contributed by atoms with Crippen molar-refractivity contribution in [2.45, 2.75) is 51.1 Å². The number of carboxylic acid groups (broad SMARTS) is 1. The Hall–Kier alpha value is -0.830. The Morgan fingerprint density at radius 2 is 1.93 bits per heavy atom. The molecule has 2 rings (SSSR count). The Bertz CT molecular complexity index is 293. The van der Waals surface area contributed by atoms with Crippen molar-refractivity contribution in [1.82, 2.24) is 4.90 Å². The molecular formula is C12H19NO2. The van der Waals surface area contributed by atoms with E-state index in [0.29, 0.717) is 24.1 Å². The summed E-state index contributed by atoms with van der Waals surface area (Å²) in [5, 5.41) is 9.11. The number of carbonyl (C=O) groups is 1. The van der Waals surface area contributed by atoms with Gasteiger partial charge in [0.05, 0.1) is 0 Å². The third kappa shape index (κ3) is 1.81. The van der Waals surface area contributed by atoms with E-state index in [2.05, 4.69) is 11.9 Å². The summed E-state index contributed by atoms with van der Waals surface area (Å²) in [5.74, 6) is -0.712. The van der Waals surface area contributed by atoms with Gasteiger partial charge in [-0.15, -0.1) is 0 Å². The number of aliphatic carboxylic acids is 1. The quantitative estimate of drug-likeness (QED) is 0.707. The Morgan fingerprint density at radius 1 is 1.40 bits per heavy atom. The van der Waals surface area contributed by atoms with Crippen molar-refractivity contribution in [2.24, 2.45) is 0 Å². The molecule has 0 amide bonds. The first kappa shape index (κ1) is 10.7. The number of fused-ring (bicyclic) bond motifs is 2. The molecule has 0 saturated carbocycles. The van der Waals surface area contributed by atoms with Crippen molar-refractivity contribution < 1.29 is 9.90 Å². The summed E-state index contributed by atoms with van der Waals surface area (Å²) in [7, 11) is 2.17. The Balaban J connectivity index is 2.23. The highest BCUT2D eigenvalue weighted by Gasteiger charge is 2.37. The Labute approximate surface area is 90.8 Å². The third-order valence-corrected chi connectivity index (χ3v) is 3.99. The van der Waals surface area contributed by atoms with Crippen LogP contribution in [0.4, 0.5) is 0 Å². The first-order valence-corrected chi connectivity index (χ1v) is 5.79. The van der Waals surface area contributed by atoms with Crippen LogP contribution in [0, 0.1) is 0 Å². The fraction of sp³-hybridized carbons (Fsp3) is 0.750. The predicted octanol–water partition coefficient (Wildman–Crippen LogP) is 2.03. The van der Waals surface area contributed by atoms with E-state index in [1.165, 1.54) is 18.4 Å². The van der Waals surface area contributed by atoms with Crippen molar-refractivity contribution in [2.75, 3.05) is 7.05 Å². The third-order valence-electron chi connectivity index (χ3n) is 3.99. The van der Waals surface area contributed by atoms with Crippen molar-refractivity contribution >= 4 is 5.97 Å². The monoisotopic (exact) mass is 209 g/mol. The summed E-state index contributed by atoms with van der Waals surface area (Å²) in [6, 6.07) is 1.19. The first-order chi connectivity index (χ1) is 7.13. The second-order valence-corrected chi connectivity index (χ2v) is 4.70. The highest BCUT2D eigenvalue weighted by molar-refractivity contribution is 5.87. The van der Waals surface area contributed by atoms with Crippen LogP contribution in [-0.2, 0) is 4.79 Å². The minimum absolute atomic E-state index is 0.597. The molecule has 2 saturated heterocycles. The lowest BCUT2D eigenvalue weighted by Gasteiger charge is -2.33. The molecule has 2 heterocycles. The molecule has 84 valence electrons. The summed E-state index contributed by atoms with van der Waals surface area (Å²) in [6.07, 6.45) is 5.08. The second-order valence-electron chi connectivity index (χ2n) is 4.70. The average Bonchev–Trinajstić information content (AvgIpc) is 2.43. The molecule has 2 atom stereocenters. The molecule has 2 bridgehead atoms. The van der Waals surface area contributed by atoms with E-state index >= 15 is 0 Å². The first-order valence-electron chi connectivity index (χ1n) is 5.79. The SMILES string of the molecule is CCC(C(=O)O)=C1CC2CCC(C1)N2C. The smallest absolute Gasteiger partial charge is 0.331 e. The largest absolute Gasteiger partial charge is 0.478 e. The normalized spacial score (nSPS) is 30.7. The molecule has 2 unspecified atom stereocenters. The highest BCUT2D eigenvalue weighted by atomic mass is 16.4. The van der Waals surface area contributed by atoms with Crippen LogP contribution >= 0.6 is 0 Å². The van der Waals surface area contributed by atoms with E-state index in [-0.39, 0.29) is 0 Å². The molecule has 0 aromatic rings. The van der Waals surface area contributed by atoms with E-state index in [4.69, 9.17) is 5.11 Å². The van der Waals surface area contributed by atoms with Gasteiger partial charge in [0.2, 0.25) is 0 Å². The average molecular weight is 209 g/mol. The van der Waals surface area contributed by atoms with Gasteiger partial charge in [0, 0.05) is 17.7 Å². The number of nitrogens with zero attached hydrogens (tertiary/aromatic N) is 1. The number of hydrogen-bond acceptors (Lipinski definition) is 2. The van der Waals surface area contributed by atoms with Crippen molar-refractivity contribution in [3.05, 3.63) is 11.1 Å². The topological polar surface area (TPSA) is 40.5 Å². The second kappa shape index (κ2) is 3.97. The summed E-state index contributed by atoms with van der Waals surface area (Å²) >= 11 is 0. The summed E-state index contributed by atoms with van der Waals surface area (Å²) in [4.78, 5) is 13.5. The molecule has 15 heavy (non-hydrogen) atoms. The van der Waals surface area contributed by atoms with Crippen molar-refractivity contribution in [3.63, 3.8) is 0 Å². The molecule has 3 nitrogen and oxygen atoms in total. The number of hydrogen-bond donors (Lipinski definition) is 1. The Morgan fingerprint density at radius 3 is 2.33 bits per heavy atom. The molecule has 2 aliphatic rings. The van der Waals surface area contributed by atoms with E-state index in [1.807, 2.05) is 6.92 Å². The lowest BCUT2D eigenvalue weighted by molar-refractivity contribution is -0.132. The maximum atomic E-state index is 11.1. The molecule has 2 fully saturated rings. The fourth-order valence-electron chi connectivity index (χ4n) is 3.03. The molecule has 0 aliphatic carbocycles. The lowest BCUT2D eigenvalue weighted by Crippen LogP contribution is -2.37. The van der Waals surface area contributed by atoms with Crippen molar-refractivity contribution in [3.8, 4) is 0 Å². The maximum Gasteiger partial charge on any atom is 0.331 e. The van der Waals surface area contributed by atoms with Gasteiger partial charge in [-0.25, -0.2) is 4.79 Å². The number of piperidine rings is 1. The van der Waals surface area contributed by atoms with Gasteiger partial charge in [0.25, 0.3) is 0 Å². The summed E-state index contributed by atoms with van der Waals surface area (Å²) < 4.78 is 0. The number of carboxylic acids is 1. The van der Waals surface area contributed by atoms with E-state index in [1.54, 1.807) is 0 Å². The minimum atomic E-state index is -0.712. The van der Waals surface area contributed by atoms with Gasteiger partial charge in [-0.05, 0) is 39.2 Å². The zero-order chi connectivity index (χ0) is 11.0. The molecule has 2 aliphatic heterocycles. The Kier molecular flexibility index (Phi) is 2.83. The van der Waals surface area contributed by atoms with Crippen LogP contribution in [0.15, 0.2) is 11.1 Å². The molecule has 1 N–H and O–H groups in total. The summed E-state index contributed by atoms with van der Waals surface area (Å²) in [5.41, 5.74) is 1.87. The molecule has 0 spiro atoms. The van der Waals surface area contributed by atoms with Crippen LogP contribution in [0.2, 0.25) is 0 Å². The summed E-state index contributed by atoms with van der Waals surface area (Å²) in [6.45, 7) is 1.94. The van der Waals surface area contributed by atoms with E-state index < -0.39 is 5.97 Å². The van der Waals surface area contributed by atoms with Crippen LogP contribution in [0.1, 0.15) is 39.0 Å². The van der Waals surface area contributed by atoms with Gasteiger partial charge in [-0.2, -0.15) is 0 Å². The van der Waals surface area contributed by atoms with Gasteiger partial charge in [0.15, 0.2) is 0 Å². The van der Waals surface area contributed by atoms with E-state index in [9.17, 15) is 4.79 Å². The van der Waals surface area contributed by atoms with Gasteiger partial charge in [-0.1, -0.05) is 12.5 Å². The van der Waals surface area contributed by atoms with Crippen molar-refractivity contribution in [1.29, 1.82) is 0 Å². The van der Waals surface area contributed by atoms with Gasteiger partial charge in [0.1, 0.15) is 0 Å². The molecule has 0 aromatic heterocycles. The lowest BCUT2D eigenvalue weighted by atomic mass is 9.92. The zero-order valence-corrected chi connectivity index (χ0v) is 9.49. The maximum absolute atomic E-state index is 11.1. The van der Waals surface area contributed by atoms with Crippen LogP contribution in [-0.4, -0.2) is 35.1 Å². The standard InChI is InChI=1S/C12H19NO2/c1-3-11(12(14)15)8-6-9-4-5-10(7-8)13(9)2/h9-10H,3-7H2,1-2H3,(H,14,15). The number of rotatable bonds is 2. The van der Waals surface area contributed by atoms with Crippen LogP contribution < -0.4 is 0 Å². The fourth-order valence-corrected chi connectivity index (χ4v) is 3.03. The van der Waals surface area contributed by atoms with Crippen LogP contribution in [0.5, 0.6) is 0 Å². The minimum Gasteiger partial charge on any atom is -0.478 e. The van der Waals surface area contributed by atoms with Gasteiger partial charge >= 0.3 is 5.97 Å². The molecule has 3 heteroatoms. The molecule has 0 radical (unpaired) electrons. The predicted molar refractivity (Wildman–Crippen MR) is 58.8 cm³/mol. The van der Waals surface area contributed by atoms with Crippen LogP contribution in [0.3, 0.4) is 0 Å². The van der Waals surface area contributed by atoms with E-state index in [0.717, 1.165) is 12.8 Å². The highest BCUT2D eigenvalue weighted by Crippen LogP contribution is 2.38. The zero-order valence-electron chi connectivity index (χ0n) is 9.49. The molecule has 0 aromatic carbocycles. The van der Waals surface area contributed by atoms with Crippen LogP contribution in [0.25, 0.3) is 0 Å². The van der Waals surface area contributed by atoms with Gasteiger partial charge < -0.3 is 5.11 Å². The van der Waals surface area contributed by atoms with Gasteiger partial charge in [-0.3, -0.25) is 4.90 Å². The molecular weight excluding hydrogens is 190 g/mol.